The molecule has 0 saturated carbocycles. The SMILES string of the molecule is CCN1CCCC1CNC(=NC)NCCc1coc(-c2ccc(F)cc2)n1.I. The van der Waals surface area contributed by atoms with Crippen molar-refractivity contribution in [2.45, 2.75) is 32.2 Å². The number of benzene rings is 1. The summed E-state index contributed by atoms with van der Waals surface area (Å²) in [5.74, 6) is 1.04. The second kappa shape index (κ2) is 11.4. The van der Waals surface area contributed by atoms with Gasteiger partial charge in [-0.15, -0.1) is 24.0 Å². The maximum atomic E-state index is 13.0. The molecule has 1 fully saturated rings. The topological polar surface area (TPSA) is 65.7 Å². The standard InChI is InChI=1S/C20H28FN5O.HI/c1-3-26-12-4-5-18(26)13-24-20(22-2)23-11-10-17-14-27-19(25-17)15-6-8-16(21)9-7-15;/h6-9,14,18H,3-5,10-13H2,1-2H3,(H2,22,23,24);1H. The Hall–Kier alpha value is -1.68. The molecule has 6 nitrogen and oxygen atoms in total. The Labute approximate surface area is 183 Å². The van der Waals surface area contributed by atoms with Crippen LogP contribution in [0.4, 0.5) is 4.39 Å². The Bertz CT molecular complexity index is 749. The minimum atomic E-state index is -0.270. The van der Waals surface area contributed by atoms with E-state index in [-0.39, 0.29) is 29.8 Å². The fourth-order valence-electron chi connectivity index (χ4n) is 3.43. The van der Waals surface area contributed by atoms with Crippen molar-refractivity contribution in [2.24, 2.45) is 4.99 Å². The lowest BCUT2D eigenvalue weighted by molar-refractivity contribution is 0.267. The number of nitrogens with zero attached hydrogens (tertiary/aromatic N) is 3. The Morgan fingerprint density at radius 1 is 1.32 bits per heavy atom. The van der Waals surface area contributed by atoms with E-state index >= 15 is 0 Å². The lowest BCUT2D eigenvalue weighted by Gasteiger charge is -2.23. The predicted octanol–water partition coefficient (Wildman–Crippen LogP) is 3.29. The van der Waals surface area contributed by atoms with Crippen molar-refractivity contribution in [3.8, 4) is 11.5 Å². The summed E-state index contributed by atoms with van der Waals surface area (Å²) in [6.45, 7) is 6.12. The number of halogens is 2. The molecule has 28 heavy (non-hydrogen) atoms. The third-order valence-electron chi connectivity index (χ3n) is 4.95. The summed E-state index contributed by atoms with van der Waals surface area (Å²) in [6.07, 6.45) is 4.88. The smallest absolute Gasteiger partial charge is 0.226 e. The number of nitrogens with one attached hydrogen (secondary N) is 2. The van der Waals surface area contributed by atoms with Crippen LogP contribution in [0.5, 0.6) is 0 Å². The van der Waals surface area contributed by atoms with Gasteiger partial charge in [0.25, 0.3) is 0 Å². The third kappa shape index (κ3) is 6.16. The Balaban J connectivity index is 0.00000280. The highest BCUT2D eigenvalue weighted by Crippen LogP contribution is 2.19. The second-order valence-corrected chi connectivity index (χ2v) is 6.71. The zero-order valence-corrected chi connectivity index (χ0v) is 18.8. The van der Waals surface area contributed by atoms with Gasteiger partial charge in [0.1, 0.15) is 12.1 Å². The van der Waals surface area contributed by atoms with Crippen molar-refractivity contribution in [1.29, 1.82) is 0 Å². The van der Waals surface area contributed by atoms with Crippen LogP contribution < -0.4 is 10.6 Å². The molecule has 1 saturated heterocycles. The van der Waals surface area contributed by atoms with Crippen LogP contribution in [0.1, 0.15) is 25.5 Å². The summed E-state index contributed by atoms with van der Waals surface area (Å²) < 4.78 is 18.5. The van der Waals surface area contributed by atoms with Gasteiger partial charge in [-0.05, 0) is 50.2 Å². The number of hydrogen-bond donors (Lipinski definition) is 2. The van der Waals surface area contributed by atoms with Crippen LogP contribution >= 0.6 is 24.0 Å². The summed E-state index contributed by atoms with van der Waals surface area (Å²) in [7, 11) is 1.78. The number of guanidine groups is 1. The lowest BCUT2D eigenvalue weighted by Crippen LogP contribution is -2.45. The summed E-state index contributed by atoms with van der Waals surface area (Å²) >= 11 is 0. The zero-order valence-electron chi connectivity index (χ0n) is 16.4. The molecule has 0 spiro atoms. The van der Waals surface area contributed by atoms with Gasteiger partial charge in [0, 0.05) is 38.2 Å². The Kier molecular flexibility index (Phi) is 9.17. The number of rotatable bonds is 7. The van der Waals surface area contributed by atoms with Gasteiger partial charge in [0.15, 0.2) is 5.96 Å². The van der Waals surface area contributed by atoms with Gasteiger partial charge < -0.3 is 15.1 Å². The van der Waals surface area contributed by atoms with Crippen molar-refractivity contribution in [1.82, 2.24) is 20.5 Å². The molecule has 0 aliphatic carbocycles. The maximum Gasteiger partial charge on any atom is 0.226 e. The number of aromatic nitrogens is 1. The molecule has 2 heterocycles. The quantitative estimate of drug-likeness (QED) is 0.347. The van der Waals surface area contributed by atoms with Crippen molar-refractivity contribution < 1.29 is 8.81 Å². The largest absolute Gasteiger partial charge is 0.444 e. The minimum absolute atomic E-state index is 0. The molecule has 8 heteroatoms. The van der Waals surface area contributed by atoms with Gasteiger partial charge >= 0.3 is 0 Å². The first-order valence-electron chi connectivity index (χ1n) is 9.58. The summed E-state index contributed by atoms with van der Waals surface area (Å²) in [5, 5.41) is 6.74. The maximum absolute atomic E-state index is 13.0. The highest BCUT2D eigenvalue weighted by atomic mass is 127. The van der Waals surface area contributed by atoms with Gasteiger partial charge in [-0.2, -0.15) is 0 Å². The average molecular weight is 501 g/mol. The van der Waals surface area contributed by atoms with E-state index in [1.165, 1.54) is 31.5 Å². The molecule has 1 aliphatic rings. The van der Waals surface area contributed by atoms with Gasteiger partial charge in [-0.3, -0.25) is 9.89 Å². The van der Waals surface area contributed by atoms with Crippen LogP contribution in [0, 0.1) is 5.82 Å². The monoisotopic (exact) mass is 501 g/mol. The third-order valence-corrected chi connectivity index (χ3v) is 4.95. The highest BCUT2D eigenvalue weighted by molar-refractivity contribution is 14.0. The molecule has 1 unspecified atom stereocenters. The Morgan fingerprint density at radius 3 is 2.82 bits per heavy atom. The fourth-order valence-corrected chi connectivity index (χ4v) is 3.43. The fraction of sp³-hybridized carbons (Fsp3) is 0.500. The molecular weight excluding hydrogens is 472 g/mol. The van der Waals surface area contributed by atoms with Crippen LogP contribution in [0.25, 0.3) is 11.5 Å². The molecule has 1 aromatic heterocycles. The van der Waals surface area contributed by atoms with Gasteiger partial charge in [0.2, 0.25) is 5.89 Å². The molecular formula is C20H29FIN5O. The van der Waals surface area contributed by atoms with Crippen molar-refractivity contribution in [3.05, 3.63) is 42.0 Å². The van der Waals surface area contributed by atoms with E-state index < -0.39 is 0 Å². The summed E-state index contributed by atoms with van der Waals surface area (Å²) in [5.41, 5.74) is 1.62. The predicted molar refractivity (Wildman–Crippen MR) is 121 cm³/mol. The zero-order chi connectivity index (χ0) is 19.1. The number of likely N-dealkylation sites (tertiary alicyclic amines) is 1. The molecule has 3 rings (SSSR count). The van der Waals surface area contributed by atoms with Crippen LogP contribution in [-0.2, 0) is 6.42 Å². The van der Waals surface area contributed by atoms with Crippen molar-refractivity contribution >= 4 is 29.9 Å². The van der Waals surface area contributed by atoms with Crippen LogP contribution in [0.3, 0.4) is 0 Å². The molecule has 1 atom stereocenters. The van der Waals surface area contributed by atoms with E-state index in [0.717, 1.165) is 36.7 Å². The summed E-state index contributed by atoms with van der Waals surface area (Å²) in [6, 6.07) is 6.72. The molecule has 1 aromatic carbocycles. The number of likely N-dealkylation sites (N-methyl/N-ethyl adjacent to an activating group) is 1. The van der Waals surface area contributed by atoms with E-state index in [1.807, 2.05) is 0 Å². The Morgan fingerprint density at radius 2 is 2.11 bits per heavy atom. The first-order valence-corrected chi connectivity index (χ1v) is 9.58. The van der Waals surface area contributed by atoms with E-state index in [0.29, 0.717) is 18.5 Å². The first kappa shape index (κ1) is 22.6. The van der Waals surface area contributed by atoms with Crippen LogP contribution in [-0.4, -0.2) is 55.1 Å². The van der Waals surface area contributed by atoms with Crippen LogP contribution in [0.2, 0.25) is 0 Å². The van der Waals surface area contributed by atoms with Gasteiger partial charge in [-0.25, -0.2) is 9.37 Å². The molecule has 2 aromatic rings. The van der Waals surface area contributed by atoms with Gasteiger partial charge in [-0.1, -0.05) is 6.92 Å². The van der Waals surface area contributed by atoms with E-state index in [9.17, 15) is 4.39 Å². The molecule has 0 amide bonds. The van der Waals surface area contributed by atoms with Crippen molar-refractivity contribution in [2.75, 3.05) is 33.2 Å². The molecule has 1 aliphatic heterocycles. The number of oxazole rings is 1. The molecule has 2 N–H and O–H groups in total. The molecule has 154 valence electrons. The summed E-state index contributed by atoms with van der Waals surface area (Å²) in [4.78, 5) is 11.3. The lowest BCUT2D eigenvalue weighted by atomic mass is 10.2. The van der Waals surface area contributed by atoms with Crippen LogP contribution in [0.15, 0.2) is 39.9 Å². The molecule has 0 bridgehead atoms. The normalized spacial score (nSPS) is 17.4. The first-order chi connectivity index (χ1) is 13.2. The van der Waals surface area contributed by atoms with E-state index in [1.54, 1.807) is 25.4 Å². The number of hydrogen-bond acceptors (Lipinski definition) is 4. The van der Waals surface area contributed by atoms with E-state index in [4.69, 9.17) is 4.42 Å². The average Bonchev–Trinajstić information content (AvgIpc) is 3.34. The highest BCUT2D eigenvalue weighted by Gasteiger charge is 2.22. The minimum Gasteiger partial charge on any atom is -0.444 e. The van der Waals surface area contributed by atoms with E-state index in [2.05, 4.69) is 32.4 Å². The van der Waals surface area contributed by atoms with Crippen molar-refractivity contribution in [3.63, 3.8) is 0 Å². The second-order valence-electron chi connectivity index (χ2n) is 6.71. The molecule has 0 radical (unpaired) electrons. The number of aliphatic imine (C=N–C) groups is 1. The van der Waals surface area contributed by atoms with Gasteiger partial charge in [0.05, 0.1) is 5.69 Å².